The molecule has 1 aromatic rings. The topological polar surface area (TPSA) is 16.1 Å². The Morgan fingerprint density at radius 2 is 2.07 bits per heavy atom. The van der Waals surface area contributed by atoms with Crippen LogP contribution in [0.3, 0.4) is 0 Å². The van der Waals surface area contributed by atoms with Crippen LogP contribution in [0.5, 0.6) is 0 Å². The monoisotopic (exact) mass is 234 g/mol. The van der Waals surface area contributed by atoms with Gasteiger partial charge in [-0.15, -0.1) is 0 Å². The van der Waals surface area contributed by atoms with Gasteiger partial charge in [0.15, 0.2) is 0 Å². The molecule has 70 valence electrons. The third-order valence-electron chi connectivity index (χ3n) is 1.76. The first-order valence-corrected chi connectivity index (χ1v) is 4.90. The molecule has 1 aromatic heterocycles. The molecule has 14 heavy (non-hydrogen) atoms. The van der Waals surface area contributed by atoms with E-state index >= 15 is 0 Å². The molecule has 5 heteroatoms. The van der Waals surface area contributed by atoms with Crippen molar-refractivity contribution in [3.63, 3.8) is 0 Å². The second-order valence-corrected chi connectivity index (χ2v) is 3.67. The van der Waals surface area contributed by atoms with Gasteiger partial charge in [0.1, 0.15) is 0 Å². The molecule has 0 atom stereocenters. The Kier molecular flexibility index (Phi) is 7.68. The number of rotatable bonds is 3. The molecule has 0 saturated carbocycles. The van der Waals surface area contributed by atoms with Gasteiger partial charge < -0.3 is 29.7 Å². The zero-order chi connectivity index (χ0) is 9.68. The van der Waals surface area contributed by atoms with Crippen LogP contribution >= 0.6 is 12.2 Å². The molecule has 0 radical (unpaired) electrons. The van der Waals surface area contributed by atoms with Gasteiger partial charge in [0, 0.05) is 25.5 Å². The molecule has 0 saturated heterocycles. The number of thiocarbonyl (C=S) groups is 1. The van der Waals surface area contributed by atoms with Crippen LogP contribution in [0.15, 0.2) is 24.5 Å². The van der Waals surface area contributed by atoms with E-state index in [0.29, 0.717) is 4.32 Å². The van der Waals surface area contributed by atoms with Crippen molar-refractivity contribution < 1.29 is 29.6 Å². The summed E-state index contributed by atoms with van der Waals surface area (Å²) in [6.07, 6.45) is 3.55. The molecule has 0 bridgehead atoms. The van der Waals surface area contributed by atoms with Crippen molar-refractivity contribution in [2.45, 2.75) is 13.5 Å². The fourth-order valence-corrected chi connectivity index (χ4v) is 1.40. The van der Waals surface area contributed by atoms with E-state index in [1.54, 1.807) is 12.4 Å². The molecule has 0 spiro atoms. The van der Waals surface area contributed by atoms with Crippen LogP contribution in [0.4, 0.5) is 0 Å². The smallest absolute Gasteiger partial charge is 0.411 e. The Morgan fingerprint density at radius 3 is 2.50 bits per heavy atom. The van der Waals surface area contributed by atoms with Gasteiger partial charge in [-0.1, -0.05) is 4.32 Å². The standard InChI is InChI=1S/C9H12N2S2.Na/c1-2-11(9(12)13)7-8-3-5-10-6-4-8;/h3-6H,2,7H2,1H3,(H,12,13);/q;+1/p-1. The van der Waals surface area contributed by atoms with E-state index in [2.05, 4.69) is 4.98 Å². The van der Waals surface area contributed by atoms with Crippen molar-refractivity contribution in [2.75, 3.05) is 6.54 Å². The van der Waals surface area contributed by atoms with Crippen LogP contribution in [0, 0.1) is 0 Å². The van der Waals surface area contributed by atoms with E-state index in [-0.39, 0.29) is 29.6 Å². The van der Waals surface area contributed by atoms with Crippen LogP contribution < -0.4 is 29.6 Å². The molecule has 0 amide bonds. The maximum Gasteiger partial charge on any atom is 1.00 e. The molecule has 0 aliphatic rings. The summed E-state index contributed by atoms with van der Waals surface area (Å²) in [5.74, 6) is 0. The fourth-order valence-electron chi connectivity index (χ4n) is 1.01. The largest absolute Gasteiger partial charge is 1.00 e. The van der Waals surface area contributed by atoms with Crippen LogP contribution in [0.1, 0.15) is 12.5 Å². The predicted octanol–water partition coefficient (Wildman–Crippen LogP) is -1.26. The molecule has 0 aliphatic heterocycles. The van der Waals surface area contributed by atoms with Crippen molar-refractivity contribution in [3.8, 4) is 0 Å². The summed E-state index contributed by atoms with van der Waals surface area (Å²) >= 11 is 9.88. The van der Waals surface area contributed by atoms with Gasteiger partial charge in [-0.3, -0.25) is 4.98 Å². The summed E-state index contributed by atoms with van der Waals surface area (Å²) in [4.78, 5) is 5.92. The van der Waals surface area contributed by atoms with Gasteiger partial charge >= 0.3 is 29.6 Å². The van der Waals surface area contributed by atoms with Crippen molar-refractivity contribution in [1.29, 1.82) is 0 Å². The maximum atomic E-state index is 4.94. The molecule has 1 rings (SSSR count). The first-order valence-electron chi connectivity index (χ1n) is 4.09. The summed E-state index contributed by atoms with van der Waals surface area (Å²) < 4.78 is 0.527. The number of hydrogen-bond donors (Lipinski definition) is 0. The minimum atomic E-state index is 0. The van der Waals surface area contributed by atoms with Gasteiger partial charge in [-0.05, 0) is 24.6 Å². The van der Waals surface area contributed by atoms with E-state index in [9.17, 15) is 0 Å². The minimum Gasteiger partial charge on any atom is -0.411 e. The SMILES string of the molecule is CCN(Cc1ccncc1)C(=S)[S-].[Na+]. The molecule has 0 fully saturated rings. The zero-order valence-corrected chi connectivity index (χ0v) is 12.1. The van der Waals surface area contributed by atoms with Crippen LogP contribution in [0.2, 0.25) is 0 Å². The van der Waals surface area contributed by atoms with Gasteiger partial charge in [0.05, 0.1) is 0 Å². The number of nitrogens with zero attached hydrogens (tertiary/aromatic N) is 2. The van der Waals surface area contributed by atoms with Gasteiger partial charge in [-0.25, -0.2) is 0 Å². The molecular formula is C9H11N2NaS2. The molecule has 0 N–H and O–H groups in total. The fraction of sp³-hybridized carbons (Fsp3) is 0.333. The summed E-state index contributed by atoms with van der Waals surface area (Å²) in [6, 6.07) is 3.94. The Balaban J connectivity index is 0.00000169. The number of aromatic nitrogens is 1. The Bertz CT molecular complexity index is 279. The van der Waals surface area contributed by atoms with E-state index in [1.807, 2.05) is 24.0 Å². The molecule has 0 unspecified atom stereocenters. The van der Waals surface area contributed by atoms with Crippen molar-refractivity contribution in [1.82, 2.24) is 9.88 Å². The van der Waals surface area contributed by atoms with Crippen molar-refractivity contribution >= 4 is 29.2 Å². The molecular weight excluding hydrogens is 223 g/mol. The second kappa shape index (κ2) is 7.54. The summed E-state index contributed by atoms with van der Waals surface area (Å²) in [5.41, 5.74) is 1.18. The minimum absolute atomic E-state index is 0. The average molecular weight is 234 g/mol. The molecule has 2 nitrogen and oxygen atoms in total. The van der Waals surface area contributed by atoms with Crippen LogP contribution in [-0.2, 0) is 19.2 Å². The third-order valence-corrected chi connectivity index (χ3v) is 2.28. The Hall–Kier alpha value is 0.260. The second-order valence-electron chi connectivity index (χ2n) is 2.64. The summed E-state index contributed by atoms with van der Waals surface area (Å²) in [5, 5.41) is 0. The zero-order valence-electron chi connectivity index (χ0n) is 8.43. The molecule has 0 aliphatic carbocycles. The van der Waals surface area contributed by atoms with Gasteiger partial charge in [-0.2, -0.15) is 0 Å². The first kappa shape index (κ1) is 14.3. The van der Waals surface area contributed by atoms with E-state index in [0.717, 1.165) is 13.1 Å². The van der Waals surface area contributed by atoms with Crippen LogP contribution in [-0.4, -0.2) is 20.7 Å². The summed E-state index contributed by atoms with van der Waals surface area (Å²) in [6.45, 7) is 3.67. The summed E-state index contributed by atoms with van der Waals surface area (Å²) in [7, 11) is 0. The molecule has 0 aromatic carbocycles. The normalized spacial score (nSPS) is 8.93. The maximum absolute atomic E-state index is 4.94. The Morgan fingerprint density at radius 1 is 1.50 bits per heavy atom. The van der Waals surface area contributed by atoms with E-state index in [1.165, 1.54) is 5.56 Å². The van der Waals surface area contributed by atoms with Crippen molar-refractivity contribution in [2.24, 2.45) is 0 Å². The van der Waals surface area contributed by atoms with Crippen molar-refractivity contribution in [3.05, 3.63) is 30.1 Å². The quantitative estimate of drug-likeness (QED) is 0.368. The van der Waals surface area contributed by atoms with Gasteiger partial charge in [0.2, 0.25) is 0 Å². The predicted molar refractivity (Wildman–Crippen MR) is 60.3 cm³/mol. The Labute approximate surface area is 118 Å². The molecule has 1 heterocycles. The number of pyridine rings is 1. The van der Waals surface area contributed by atoms with E-state index < -0.39 is 0 Å². The number of hydrogen-bond acceptors (Lipinski definition) is 3. The van der Waals surface area contributed by atoms with Gasteiger partial charge in [0.25, 0.3) is 0 Å². The average Bonchev–Trinajstić information content (AvgIpc) is 2.15. The van der Waals surface area contributed by atoms with E-state index in [4.69, 9.17) is 24.8 Å². The first-order chi connectivity index (χ1) is 6.24. The van der Waals surface area contributed by atoms with Crippen LogP contribution in [0.25, 0.3) is 0 Å². The third kappa shape index (κ3) is 4.66.